The van der Waals surface area contributed by atoms with Gasteiger partial charge in [-0.25, -0.2) is 9.97 Å². The molecule has 0 atom stereocenters. The first kappa shape index (κ1) is 16.6. The van der Waals surface area contributed by atoms with Crippen molar-refractivity contribution in [2.75, 3.05) is 13.1 Å². The first-order valence-electron chi connectivity index (χ1n) is 7.64. The zero-order valence-electron chi connectivity index (χ0n) is 13.8. The van der Waals surface area contributed by atoms with Gasteiger partial charge in [0.2, 0.25) is 0 Å². The van der Waals surface area contributed by atoms with Gasteiger partial charge in [0.1, 0.15) is 11.9 Å². The third-order valence-electron chi connectivity index (χ3n) is 4.59. The number of aromatic nitrogens is 2. The van der Waals surface area contributed by atoms with E-state index in [9.17, 15) is 14.9 Å². The Morgan fingerprint density at radius 3 is 2.71 bits per heavy atom. The molecule has 1 aliphatic heterocycles. The van der Waals surface area contributed by atoms with Crippen LogP contribution in [0.1, 0.15) is 36.6 Å². The van der Waals surface area contributed by atoms with Gasteiger partial charge in [-0.2, -0.15) is 5.26 Å². The molecule has 0 saturated carbocycles. The molecule has 6 nitrogen and oxygen atoms in total. The lowest BCUT2D eigenvalue weighted by molar-refractivity contribution is -0.127. The molecule has 0 aromatic carbocycles. The third kappa shape index (κ3) is 2.59. The van der Waals surface area contributed by atoms with Crippen LogP contribution in [0, 0.1) is 29.1 Å². The number of nitriles is 1. The van der Waals surface area contributed by atoms with Crippen LogP contribution in [0.2, 0.25) is 5.02 Å². The second-order valence-corrected chi connectivity index (χ2v) is 7.60. The van der Waals surface area contributed by atoms with E-state index in [0.717, 1.165) is 0 Å². The van der Waals surface area contributed by atoms with E-state index in [1.165, 1.54) is 6.20 Å². The summed E-state index contributed by atoms with van der Waals surface area (Å²) in [4.78, 5) is 34.5. The van der Waals surface area contributed by atoms with Gasteiger partial charge in [-0.15, -0.1) is 0 Å². The number of nitrogens with zero attached hydrogens (tertiary/aromatic N) is 4. The van der Waals surface area contributed by atoms with Crippen LogP contribution in [0.5, 0.6) is 0 Å². The number of carbonyl (C=O) groups is 2. The van der Waals surface area contributed by atoms with Crippen LogP contribution in [-0.2, 0) is 4.79 Å². The van der Waals surface area contributed by atoms with Gasteiger partial charge in [-0.1, -0.05) is 31.5 Å². The second kappa shape index (κ2) is 5.38. The summed E-state index contributed by atoms with van der Waals surface area (Å²) in [7, 11) is 0. The topological polar surface area (TPSA) is 87.0 Å². The van der Waals surface area contributed by atoms with Crippen LogP contribution >= 0.6 is 11.6 Å². The fourth-order valence-corrected chi connectivity index (χ4v) is 3.82. The average molecular weight is 345 g/mol. The van der Waals surface area contributed by atoms with Crippen molar-refractivity contribution in [2.24, 2.45) is 10.8 Å². The van der Waals surface area contributed by atoms with Gasteiger partial charge in [0.15, 0.2) is 11.5 Å². The van der Waals surface area contributed by atoms with E-state index in [2.05, 4.69) is 9.97 Å². The SMILES string of the molecule is Cc1ncc(Cl)c(C(=O)N2CC3(C=C(C#N)C(=O)C(C)(C)C3)C2)n1. The Hall–Kier alpha value is -2.26. The Bertz CT molecular complexity index is 816. The Morgan fingerprint density at radius 1 is 1.42 bits per heavy atom. The molecule has 2 aliphatic rings. The molecule has 7 heteroatoms. The van der Waals surface area contributed by atoms with E-state index in [1.807, 2.05) is 19.9 Å². The molecule has 1 aliphatic carbocycles. The molecular weight excluding hydrogens is 328 g/mol. The van der Waals surface area contributed by atoms with E-state index in [0.29, 0.717) is 25.3 Å². The van der Waals surface area contributed by atoms with Gasteiger partial charge in [-0.05, 0) is 13.3 Å². The number of Topliss-reactive ketones (excluding diaryl/α,β-unsaturated/α-hetero) is 1. The van der Waals surface area contributed by atoms with Crippen molar-refractivity contribution in [3.05, 3.63) is 34.4 Å². The van der Waals surface area contributed by atoms with Crippen molar-refractivity contribution < 1.29 is 9.59 Å². The average Bonchev–Trinajstić information content (AvgIpc) is 2.49. The molecular formula is C17H17ClN4O2. The van der Waals surface area contributed by atoms with Crippen LogP contribution in [-0.4, -0.2) is 39.6 Å². The van der Waals surface area contributed by atoms with Crippen LogP contribution in [0.15, 0.2) is 17.8 Å². The first-order valence-corrected chi connectivity index (χ1v) is 8.01. The zero-order valence-corrected chi connectivity index (χ0v) is 14.5. The summed E-state index contributed by atoms with van der Waals surface area (Å²) < 4.78 is 0. The second-order valence-electron chi connectivity index (χ2n) is 7.20. The van der Waals surface area contributed by atoms with E-state index >= 15 is 0 Å². The van der Waals surface area contributed by atoms with Crippen molar-refractivity contribution in [2.45, 2.75) is 27.2 Å². The third-order valence-corrected chi connectivity index (χ3v) is 4.87. The van der Waals surface area contributed by atoms with Crippen molar-refractivity contribution in [3.8, 4) is 6.07 Å². The highest BCUT2D eigenvalue weighted by Gasteiger charge is 2.52. The minimum atomic E-state index is -0.599. The molecule has 1 saturated heterocycles. The van der Waals surface area contributed by atoms with E-state index in [1.54, 1.807) is 17.9 Å². The van der Waals surface area contributed by atoms with Gasteiger partial charge in [0.05, 0.1) is 16.8 Å². The highest BCUT2D eigenvalue weighted by atomic mass is 35.5. The summed E-state index contributed by atoms with van der Waals surface area (Å²) in [5, 5.41) is 9.43. The number of carbonyl (C=O) groups excluding carboxylic acids is 2. The normalized spacial score (nSPS) is 21.0. The molecule has 1 spiro atoms. The van der Waals surface area contributed by atoms with E-state index < -0.39 is 5.41 Å². The predicted octanol–water partition coefficient (Wildman–Crippen LogP) is 2.33. The Labute approximate surface area is 145 Å². The van der Waals surface area contributed by atoms with Crippen LogP contribution in [0.3, 0.4) is 0 Å². The summed E-state index contributed by atoms with van der Waals surface area (Å²) in [6.07, 6.45) is 3.77. The summed E-state index contributed by atoms with van der Waals surface area (Å²) in [5.74, 6) is 0.0988. The molecule has 0 unspecified atom stereocenters. The maximum Gasteiger partial charge on any atom is 0.274 e. The van der Waals surface area contributed by atoms with Crippen molar-refractivity contribution >= 4 is 23.3 Å². The lowest BCUT2D eigenvalue weighted by Crippen LogP contribution is -2.61. The number of hydrogen-bond donors (Lipinski definition) is 0. The molecule has 1 fully saturated rings. The molecule has 1 aromatic rings. The molecule has 1 amide bonds. The number of rotatable bonds is 1. The van der Waals surface area contributed by atoms with Crippen LogP contribution in [0.4, 0.5) is 0 Å². The fourth-order valence-electron chi connectivity index (χ4n) is 3.65. The molecule has 0 radical (unpaired) electrons. The molecule has 0 N–H and O–H groups in total. The highest BCUT2D eigenvalue weighted by Crippen LogP contribution is 2.48. The molecule has 3 rings (SSSR count). The minimum absolute atomic E-state index is 0.130. The fraction of sp³-hybridized carbons (Fsp3) is 0.471. The number of likely N-dealkylation sites (tertiary alicyclic amines) is 1. The van der Waals surface area contributed by atoms with Gasteiger partial charge in [0, 0.05) is 23.9 Å². The summed E-state index contributed by atoms with van der Waals surface area (Å²) in [6, 6.07) is 1.99. The largest absolute Gasteiger partial charge is 0.335 e. The summed E-state index contributed by atoms with van der Waals surface area (Å²) >= 11 is 6.03. The van der Waals surface area contributed by atoms with Crippen molar-refractivity contribution in [3.63, 3.8) is 0 Å². The first-order chi connectivity index (χ1) is 11.2. The zero-order chi connectivity index (χ0) is 17.7. The molecule has 0 bridgehead atoms. The van der Waals surface area contributed by atoms with Crippen LogP contribution in [0.25, 0.3) is 0 Å². The number of amides is 1. The smallest absolute Gasteiger partial charge is 0.274 e. The molecule has 2 heterocycles. The molecule has 24 heavy (non-hydrogen) atoms. The molecule has 124 valence electrons. The number of ketones is 1. The standard InChI is InChI=1S/C17H17ClN4O2/c1-10-20-6-12(18)13(21-10)15(24)22-8-17(9-22)4-11(5-19)14(23)16(2,3)7-17/h4,6H,7-9H2,1-3H3. The maximum atomic E-state index is 12.6. The van der Waals surface area contributed by atoms with Gasteiger partial charge in [-0.3, -0.25) is 9.59 Å². The predicted molar refractivity (Wildman–Crippen MR) is 87.2 cm³/mol. The Balaban J connectivity index is 1.83. The number of allylic oxidation sites excluding steroid dienone is 1. The number of aryl methyl sites for hydroxylation is 1. The van der Waals surface area contributed by atoms with Gasteiger partial charge in [0.25, 0.3) is 5.91 Å². The lowest BCUT2D eigenvalue weighted by atomic mass is 9.61. The van der Waals surface area contributed by atoms with E-state index in [4.69, 9.17) is 11.6 Å². The van der Waals surface area contributed by atoms with Gasteiger partial charge >= 0.3 is 0 Å². The monoisotopic (exact) mass is 344 g/mol. The Kier molecular flexibility index (Phi) is 3.72. The number of hydrogen-bond acceptors (Lipinski definition) is 5. The highest BCUT2D eigenvalue weighted by molar-refractivity contribution is 6.33. The van der Waals surface area contributed by atoms with Crippen molar-refractivity contribution in [1.29, 1.82) is 5.26 Å². The number of halogens is 1. The van der Waals surface area contributed by atoms with Crippen LogP contribution < -0.4 is 0 Å². The summed E-state index contributed by atoms with van der Waals surface area (Å²) in [6.45, 7) is 6.29. The minimum Gasteiger partial charge on any atom is -0.335 e. The summed E-state index contributed by atoms with van der Waals surface area (Å²) in [5.41, 5.74) is -0.547. The van der Waals surface area contributed by atoms with E-state index in [-0.39, 0.29) is 33.4 Å². The molecule has 1 aromatic heterocycles. The van der Waals surface area contributed by atoms with Crippen molar-refractivity contribution in [1.82, 2.24) is 14.9 Å². The quantitative estimate of drug-likeness (QED) is 0.780. The van der Waals surface area contributed by atoms with Gasteiger partial charge < -0.3 is 4.90 Å². The Morgan fingerprint density at radius 2 is 2.08 bits per heavy atom. The lowest BCUT2D eigenvalue weighted by Gasteiger charge is -2.53. The maximum absolute atomic E-state index is 12.6.